The highest BCUT2D eigenvalue weighted by Crippen LogP contribution is 2.23. The van der Waals surface area contributed by atoms with Crippen molar-refractivity contribution in [2.24, 2.45) is 7.05 Å². The molecule has 0 amide bonds. The van der Waals surface area contributed by atoms with Crippen molar-refractivity contribution in [3.05, 3.63) is 36.0 Å². The molecule has 1 aromatic carbocycles. The van der Waals surface area contributed by atoms with Crippen molar-refractivity contribution in [1.82, 2.24) is 9.78 Å². The maximum absolute atomic E-state index is 10.9. The highest BCUT2D eigenvalue weighted by Gasteiger charge is 2.09. The lowest BCUT2D eigenvalue weighted by Gasteiger charge is -2.03. The Morgan fingerprint density at radius 1 is 1.35 bits per heavy atom. The molecule has 0 radical (unpaired) electrons. The Hall–Kier alpha value is -2.10. The third kappa shape index (κ3) is 2.36. The summed E-state index contributed by atoms with van der Waals surface area (Å²) in [5.41, 5.74) is 2.21. The van der Waals surface area contributed by atoms with Gasteiger partial charge in [0.15, 0.2) is 6.29 Å². The van der Waals surface area contributed by atoms with Crippen LogP contribution in [0.1, 0.15) is 17.3 Å². The van der Waals surface area contributed by atoms with E-state index in [0.717, 1.165) is 17.6 Å². The van der Waals surface area contributed by atoms with Gasteiger partial charge in [0.1, 0.15) is 11.4 Å². The molecular weight excluding hydrogens is 216 g/mol. The number of benzene rings is 1. The van der Waals surface area contributed by atoms with E-state index in [4.69, 9.17) is 4.74 Å². The molecule has 17 heavy (non-hydrogen) atoms. The Bertz CT molecular complexity index is 515. The van der Waals surface area contributed by atoms with E-state index >= 15 is 0 Å². The normalized spacial score (nSPS) is 10.2. The molecule has 2 rings (SSSR count). The molecule has 0 saturated carbocycles. The van der Waals surface area contributed by atoms with Crippen LogP contribution in [0.2, 0.25) is 0 Å². The fourth-order valence-electron chi connectivity index (χ4n) is 1.69. The molecule has 0 aliphatic heterocycles. The predicted octanol–water partition coefficient (Wildman–Crippen LogP) is 2.30. The number of ether oxygens (including phenoxy) is 1. The number of aldehydes is 1. The van der Waals surface area contributed by atoms with E-state index in [1.807, 2.05) is 31.2 Å². The van der Waals surface area contributed by atoms with E-state index in [-0.39, 0.29) is 0 Å². The minimum atomic E-state index is 0.594. The first-order chi connectivity index (χ1) is 8.24. The quantitative estimate of drug-likeness (QED) is 0.757. The number of carbonyl (C=O) groups excluding carboxylic acids is 1. The van der Waals surface area contributed by atoms with E-state index in [9.17, 15) is 4.79 Å². The van der Waals surface area contributed by atoms with Gasteiger partial charge in [0, 0.05) is 18.8 Å². The average molecular weight is 230 g/mol. The van der Waals surface area contributed by atoms with Gasteiger partial charge in [0.05, 0.1) is 12.2 Å². The fraction of sp³-hybridized carbons (Fsp3) is 0.231. The molecule has 0 N–H and O–H groups in total. The van der Waals surface area contributed by atoms with Crippen molar-refractivity contribution >= 4 is 6.29 Å². The second kappa shape index (κ2) is 4.82. The zero-order valence-corrected chi connectivity index (χ0v) is 9.88. The Balaban J connectivity index is 2.35. The van der Waals surface area contributed by atoms with Crippen LogP contribution in [0.5, 0.6) is 5.75 Å². The Labute approximate surface area is 99.8 Å². The van der Waals surface area contributed by atoms with Crippen LogP contribution in [0.4, 0.5) is 0 Å². The Morgan fingerprint density at radius 2 is 2.06 bits per heavy atom. The lowest BCUT2D eigenvalue weighted by molar-refractivity contribution is 0.112. The summed E-state index contributed by atoms with van der Waals surface area (Å²) in [6, 6.07) is 7.56. The lowest BCUT2D eigenvalue weighted by atomic mass is 10.1. The number of aryl methyl sites for hydroxylation is 1. The highest BCUT2D eigenvalue weighted by molar-refractivity contribution is 5.85. The second-order valence-corrected chi connectivity index (χ2v) is 3.68. The van der Waals surface area contributed by atoms with Crippen LogP contribution in [0.15, 0.2) is 30.5 Å². The van der Waals surface area contributed by atoms with Crippen LogP contribution in [0.3, 0.4) is 0 Å². The van der Waals surface area contributed by atoms with Crippen molar-refractivity contribution in [3.63, 3.8) is 0 Å². The number of hydrogen-bond donors (Lipinski definition) is 0. The largest absolute Gasteiger partial charge is 0.494 e. The van der Waals surface area contributed by atoms with Gasteiger partial charge in [-0.15, -0.1) is 0 Å². The molecule has 0 bridgehead atoms. The summed E-state index contributed by atoms with van der Waals surface area (Å²) in [6.45, 7) is 2.58. The molecule has 88 valence electrons. The van der Waals surface area contributed by atoms with Crippen molar-refractivity contribution in [3.8, 4) is 17.0 Å². The Kier molecular flexibility index (Phi) is 3.23. The van der Waals surface area contributed by atoms with Crippen molar-refractivity contribution in [1.29, 1.82) is 0 Å². The topological polar surface area (TPSA) is 44.1 Å². The first-order valence-electron chi connectivity index (χ1n) is 5.46. The molecule has 1 aromatic heterocycles. The summed E-state index contributed by atoms with van der Waals surface area (Å²) in [5, 5.41) is 4.27. The predicted molar refractivity (Wildman–Crippen MR) is 65.2 cm³/mol. The third-order valence-corrected chi connectivity index (χ3v) is 2.42. The molecule has 0 unspecified atom stereocenters. The molecule has 0 aliphatic carbocycles. The number of aromatic nitrogens is 2. The van der Waals surface area contributed by atoms with Gasteiger partial charge in [0.25, 0.3) is 0 Å². The summed E-state index contributed by atoms with van der Waals surface area (Å²) in [7, 11) is 1.80. The monoisotopic (exact) mass is 230 g/mol. The minimum absolute atomic E-state index is 0.594. The zero-order chi connectivity index (χ0) is 12.3. The average Bonchev–Trinajstić information content (AvgIpc) is 2.72. The molecule has 0 spiro atoms. The molecule has 2 aromatic rings. The SMILES string of the molecule is CCOc1ccc(-c2nn(C)cc2C=O)cc1. The number of rotatable bonds is 4. The zero-order valence-electron chi connectivity index (χ0n) is 9.88. The molecule has 0 aliphatic rings. The van der Waals surface area contributed by atoms with Crippen molar-refractivity contribution in [2.45, 2.75) is 6.92 Å². The van der Waals surface area contributed by atoms with E-state index in [0.29, 0.717) is 17.9 Å². The van der Waals surface area contributed by atoms with Gasteiger partial charge in [-0.2, -0.15) is 5.10 Å². The molecule has 4 nitrogen and oxygen atoms in total. The summed E-state index contributed by atoms with van der Waals surface area (Å²) in [4.78, 5) is 10.9. The molecule has 4 heteroatoms. The van der Waals surface area contributed by atoms with Gasteiger partial charge in [-0.1, -0.05) is 0 Å². The second-order valence-electron chi connectivity index (χ2n) is 3.68. The molecule has 0 atom stereocenters. The smallest absolute Gasteiger partial charge is 0.153 e. The van der Waals surface area contributed by atoms with E-state index < -0.39 is 0 Å². The third-order valence-electron chi connectivity index (χ3n) is 2.42. The maximum atomic E-state index is 10.9. The highest BCUT2D eigenvalue weighted by atomic mass is 16.5. The molecule has 0 fully saturated rings. The van der Waals surface area contributed by atoms with Gasteiger partial charge < -0.3 is 4.74 Å². The minimum Gasteiger partial charge on any atom is -0.494 e. The van der Waals surface area contributed by atoms with Gasteiger partial charge in [-0.25, -0.2) is 0 Å². The number of carbonyl (C=O) groups is 1. The van der Waals surface area contributed by atoms with Gasteiger partial charge in [-0.05, 0) is 31.2 Å². The lowest BCUT2D eigenvalue weighted by Crippen LogP contribution is -1.91. The molecular formula is C13H14N2O2. The van der Waals surface area contributed by atoms with Crippen LogP contribution in [-0.4, -0.2) is 22.7 Å². The van der Waals surface area contributed by atoms with E-state index in [2.05, 4.69) is 5.10 Å². The number of nitrogens with zero attached hydrogens (tertiary/aromatic N) is 2. The first kappa shape index (κ1) is 11.4. The summed E-state index contributed by atoms with van der Waals surface area (Å²) in [5.74, 6) is 0.819. The fourth-order valence-corrected chi connectivity index (χ4v) is 1.69. The van der Waals surface area contributed by atoms with Crippen LogP contribution in [0.25, 0.3) is 11.3 Å². The van der Waals surface area contributed by atoms with Crippen LogP contribution < -0.4 is 4.74 Å². The van der Waals surface area contributed by atoms with Crippen LogP contribution in [0, 0.1) is 0 Å². The van der Waals surface area contributed by atoms with E-state index in [1.54, 1.807) is 17.9 Å². The standard InChI is InChI=1S/C13H14N2O2/c1-3-17-12-6-4-10(5-7-12)13-11(9-16)8-15(2)14-13/h4-9H,3H2,1-2H3. The van der Waals surface area contributed by atoms with Crippen LogP contribution in [-0.2, 0) is 7.05 Å². The van der Waals surface area contributed by atoms with Gasteiger partial charge >= 0.3 is 0 Å². The summed E-state index contributed by atoms with van der Waals surface area (Å²) < 4.78 is 7.00. The van der Waals surface area contributed by atoms with Crippen LogP contribution >= 0.6 is 0 Å². The summed E-state index contributed by atoms with van der Waals surface area (Å²) >= 11 is 0. The summed E-state index contributed by atoms with van der Waals surface area (Å²) in [6.07, 6.45) is 2.53. The van der Waals surface area contributed by atoms with Crippen molar-refractivity contribution in [2.75, 3.05) is 6.61 Å². The van der Waals surface area contributed by atoms with Crippen molar-refractivity contribution < 1.29 is 9.53 Å². The van der Waals surface area contributed by atoms with Gasteiger partial charge in [0.2, 0.25) is 0 Å². The molecule has 1 heterocycles. The Morgan fingerprint density at radius 3 is 2.65 bits per heavy atom. The molecule has 0 saturated heterocycles. The number of hydrogen-bond acceptors (Lipinski definition) is 3. The first-order valence-corrected chi connectivity index (χ1v) is 5.46. The van der Waals surface area contributed by atoms with Gasteiger partial charge in [-0.3, -0.25) is 9.48 Å². The maximum Gasteiger partial charge on any atom is 0.153 e. The van der Waals surface area contributed by atoms with E-state index in [1.165, 1.54) is 0 Å².